The van der Waals surface area contributed by atoms with Crippen LogP contribution in [0, 0.1) is 0 Å². The molecule has 0 radical (unpaired) electrons. The van der Waals surface area contributed by atoms with Crippen LogP contribution in [0.3, 0.4) is 0 Å². The number of anilines is 3. The van der Waals surface area contributed by atoms with Crippen molar-refractivity contribution in [2.24, 2.45) is 0 Å². The van der Waals surface area contributed by atoms with Crippen LogP contribution in [0.2, 0.25) is 0 Å². The van der Waals surface area contributed by atoms with E-state index in [1.165, 1.54) is 11.3 Å². The van der Waals surface area contributed by atoms with E-state index in [1.54, 1.807) is 14.2 Å². The number of likely N-dealkylation sites (tertiary alicyclic amines) is 1. The molecule has 3 aromatic rings. The quantitative estimate of drug-likeness (QED) is 0.173. The maximum atomic E-state index is 10.8. The van der Waals surface area contributed by atoms with Crippen LogP contribution in [-0.2, 0) is 6.54 Å². The van der Waals surface area contributed by atoms with Crippen molar-refractivity contribution in [2.75, 3.05) is 97.3 Å². The summed E-state index contributed by atoms with van der Waals surface area (Å²) in [5.41, 5.74) is 3.11. The lowest BCUT2D eigenvalue weighted by Crippen LogP contribution is -2.39. The minimum absolute atomic E-state index is 0.222. The fraction of sp³-hybridized carbons (Fsp3) is 0.531. The topological polar surface area (TPSA) is 137 Å². The number of ether oxygens (including phenoxy) is 3. The Balaban J connectivity index is 1.47. The number of aromatic nitrogens is 2. The van der Waals surface area contributed by atoms with Crippen LogP contribution >= 0.6 is 0 Å². The Hall–Kier alpha value is -4.23. The van der Waals surface area contributed by atoms with Gasteiger partial charge >= 0.3 is 6.09 Å². The van der Waals surface area contributed by atoms with Crippen molar-refractivity contribution in [1.29, 1.82) is 0 Å². The monoisotopic (exact) mass is 624 g/mol. The zero-order valence-corrected chi connectivity index (χ0v) is 27.4. The van der Waals surface area contributed by atoms with E-state index in [4.69, 9.17) is 29.3 Å². The van der Waals surface area contributed by atoms with Crippen molar-refractivity contribution in [1.82, 2.24) is 25.1 Å². The molecule has 246 valence electrons. The van der Waals surface area contributed by atoms with Gasteiger partial charge in [0.05, 0.1) is 19.7 Å². The molecule has 4 rings (SSSR count). The van der Waals surface area contributed by atoms with Crippen molar-refractivity contribution in [2.45, 2.75) is 31.8 Å². The number of hydrogen-bond acceptors (Lipinski definition) is 11. The molecule has 0 spiro atoms. The highest BCUT2D eigenvalue weighted by molar-refractivity contribution is 5.92. The second kappa shape index (κ2) is 16.2. The number of nitrogens with zero attached hydrogens (tertiary/aromatic N) is 5. The summed E-state index contributed by atoms with van der Waals surface area (Å²) in [7, 11) is 11.5. The Morgan fingerprint density at radius 1 is 1.02 bits per heavy atom. The zero-order valence-electron chi connectivity index (χ0n) is 27.4. The Morgan fingerprint density at radius 3 is 2.42 bits per heavy atom. The van der Waals surface area contributed by atoms with Gasteiger partial charge in [0.1, 0.15) is 18.2 Å². The molecule has 13 nitrogen and oxygen atoms in total. The van der Waals surface area contributed by atoms with Crippen molar-refractivity contribution >= 4 is 34.4 Å². The fourth-order valence-corrected chi connectivity index (χ4v) is 5.39. The SMILES string of the molecule is COc1cc2nc(NCCCNC(=O)O)nc(NC3CCN(Cc4c(OCCN(C)C)cccc4N(C)C)CC3)c2cc1OC. The third-order valence-electron chi connectivity index (χ3n) is 7.81. The third-order valence-corrected chi connectivity index (χ3v) is 7.81. The molecule has 1 saturated heterocycles. The van der Waals surface area contributed by atoms with E-state index in [9.17, 15) is 4.79 Å². The number of amides is 1. The summed E-state index contributed by atoms with van der Waals surface area (Å²) in [6, 6.07) is 10.3. The van der Waals surface area contributed by atoms with Crippen molar-refractivity contribution in [3.8, 4) is 17.2 Å². The van der Waals surface area contributed by atoms with Gasteiger partial charge in [-0.05, 0) is 51.6 Å². The molecule has 13 heteroatoms. The number of hydrogen-bond donors (Lipinski definition) is 4. The Bertz CT molecular complexity index is 1410. The van der Waals surface area contributed by atoms with Gasteiger partial charge in [-0.1, -0.05) is 6.07 Å². The van der Waals surface area contributed by atoms with Gasteiger partial charge in [-0.2, -0.15) is 4.98 Å². The maximum absolute atomic E-state index is 10.8. The van der Waals surface area contributed by atoms with Crippen LogP contribution in [0.25, 0.3) is 10.9 Å². The van der Waals surface area contributed by atoms with Gasteiger partial charge in [0, 0.05) is 82.1 Å². The van der Waals surface area contributed by atoms with Gasteiger partial charge in [0.15, 0.2) is 11.5 Å². The highest BCUT2D eigenvalue weighted by atomic mass is 16.5. The van der Waals surface area contributed by atoms with E-state index in [0.717, 1.165) is 61.5 Å². The van der Waals surface area contributed by atoms with Crippen LogP contribution in [0.1, 0.15) is 24.8 Å². The van der Waals surface area contributed by atoms with Crippen LogP contribution in [0.15, 0.2) is 30.3 Å². The molecule has 1 aromatic heterocycles. The number of piperidine rings is 1. The smallest absolute Gasteiger partial charge is 0.404 e. The Labute approximate surface area is 265 Å². The summed E-state index contributed by atoms with van der Waals surface area (Å²) in [6.07, 6.45) is 1.46. The fourth-order valence-electron chi connectivity index (χ4n) is 5.39. The van der Waals surface area contributed by atoms with Crippen molar-refractivity contribution < 1.29 is 24.1 Å². The molecule has 4 N–H and O–H groups in total. The average Bonchev–Trinajstić information content (AvgIpc) is 3.01. The standard InChI is InChI=1S/C32H48N8O5/c1-38(2)17-18-45-27-10-7-9-26(39(3)4)24(27)21-40-15-11-22(12-16-40)35-30-23-19-28(43-5)29(44-6)20-25(23)36-31(37-30)33-13-8-14-34-32(41)42/h7,9-10,19-20,22,34H,8,11-18,21H2,1-6H3,(H,41,42)(H2,33,35,36,37). The van der Waals surface area contributed by atoms with Gasteiger partial charge in [-0.3, -0.25) is 4.90 Å². The number of methoxy groups -OCH3 is 2. The van der Waals surface area contributed by atoms with E-state index < -0.39 is 6.09 Å². The normalized spacial score (nSPS) is 13.9. The van der Waals surface area contributed by atoms with E-state index in [1.807, 2.05) is 12.1 Å². The lowest BCUT2D eigenvalue weighted by atomic mass is 10.0. The van der Waals surface area contributed by atoms with Crippen LogP contribution in [-0.4, -0.2) is 119 Å². The zero-order chi connectivity index (χ0) is 32.3. The first-order chi connectivity index (χ1) is 21.7. The van der Waals surface area contributed by atoms with Gasteiger partial charge in [0.2, 0.25) is 5.95 Å². The van der Waals surface area contributed by atoms with E-state index in [0.29, 0.717) is 43.6 Å². The molecular weight excluding hydrogens is 576 g/mol. The van der Waals surface area contributed by atoms with Crippen LogP contribution in [0.4, 0.5) is 22.2 Å². The molecule has 0 saturated carbocycles. The minimum Gasteiger partial charge on any atom is -0.493 e. The molecule has 0 aliphatic carbocycles. The van der Waals surface area contributed by atoms with Gasteiger partial charge in [-0.25, -0.2) is 9.78 Å². The molecule has 2 aromatic carbocycles. The lowest BCUT2D eigenvalue weighted by molar-refractivity contribution is 0.194. The maximum Gasteiger partial charge on any atom is 0.404 e. The average molecular weight is 625 g/mol. The summed E-state index contributed by atoms with van der Waals surface area (Å²) in [5, 5.41) is 19.0. The van der Waals surface area contributed by atoms with E-state index >= 15 is 0 Å². The predicted octanol–water partition coefficient (Wildman–Crippen LogP) is 3.80. The van der Waals surface area contributed by atoms with Crippen molar-refractivity contribution in [3.63, 3.8) is 0 Å². The van der Waals surface area contributed by atoms with Crippen LogP contribution < -0.4 is 35.1 Å². The first-order valence-electron chi connectivity index (χ1n) is 15.4. The van der Waals surface area contributed by atoms with E-state index in [2.05, 4.69) is 77.0 Å². The summed E-state index contributed by atoms with van der Waals surface area (Å²) in [4.78, 5) is 27.0. The van der Waals surface area contributed by atoms with Gasteiger partial charge in [0.25, 0.3) is 0 Å². The molecule has 2 heterocycles. The highest BCUT2D eigenvalue weighted by Crippen LogP contribution is 2.36. The van der Waals surface area contributed by atoms with E-state index in [-0.39, 0.29) is 6.04 Å². The number of carboxylic acid groups (broad SMARTS) is 1. The Kier molecular flexibility index (Phi) is 12.1. The molecule has 1 aliphatic heterocycles. The number of nitrogens with one attached hydrogen (secondary N) is 3. The largest absolute Gasteiger partial charge is 0.493 e. The third kappa shape index (κ3) is 9.38. The first-order valence-corrected chi connectivity index (χ1v) is 15.4. The Morgan fingerprint density at radius 2 is 1.76 bits per heavy atom. The van der Waals surface area contributed by atoms with Gasteiger partial charge in [-0.15, -0.1) is 0 Å². The molecule has 45 heavy (non-hydrogen) atoms. The van der Waals surface area contributed by atoms with Gasteiger partial charge < -0.3 is 45.1 Å². The second-order valence-corrected chi connectivity index (χ2v) is 11.6. The number of benzene rings is 2. The molecule has 0 atom stereocenters. The number of likely N-dealkylation sites (N-methyl/N-ethyl adjacent to an activating group) is 1. The molecule has 1 fully saturated rings. The predicted molar refractivity (Wildman–Crippen MR) is 179 cm³/mol. The molecule has 0 unspecified atom stereocenters. The number of rotatable bonds is 16. The molecule has 1 amide bonds. The summed E-state index contributed by atoms with van der Waals surface area (Å²) in [5.74, 6) is 3.32. The number of carbonyl (C=O) groups is 1. The molecule has 1 aliphatic rings. The summed E-state index contributed by atoms with van der Waals surface area (Å²) < 4.78 is 17.3. The second-order valence-electron chi connectivity index (χ2n) is 11.6. The van der Waals surface area contributed by atoms with Crippen LogP contribution in [0.5, 0.6) is 17.2 Å². The lowest BCUT2D eigenvalue weighted by Gasteiger charge is -2.34. The molecular formula is C32H48N8O5. The first kappa shape index (κ1) is 33.7. The highest BCUT2D eigenvalue weighted by Gasteiger charge is 2.24. The minimum atomic E-state index is -1.04. The number of fused-ring (bicyclic) bond motifs is 1. The summed E-state index contributed by atoms with van der Waals surface area (Å²) in [6.45, 7) is 5.04. The molecule has 0 bridgehead atoms. The van der Waals surface area contributed by atoms with Crippen molar-refractivity contribution in [3.05, 3.63) is 35.9 Å². The summed E-state index contributed by atoms with van der Waals surface area (Å²) >= 11 is 0.